The van der Waals surface area contributed by atoms with Gasteiger partial charge in [0, 0.05) is 5.54 Å². The molecule has 96 valence electrons. The van der Waals surface area contributed by atoms with E-state index >= 15 is 0 Å². The molecule has 0 saturated carbocycles. The number of carbonyl (C=O) groups is 1. The van der Waals surface area contributed by atoms with Gasteiger partial charge in [0.25, 0.3) is 0 Å². The van der Waals surface area contributed by atoms with E-state index in [-0.39, 0.29) is 9.77 Å². The molecule has 1 aromatic heterocycles. The number of aromatic carboxylic acids is 1. The second-order valence-corrected chi connectivity index (χ2v) is 7.24. The Labute approximate surface area is 105 Å². The fourth-order valence-electron chi connectivity index (χ4n) is 1.37. The van der Waals surface area contributed by atoms with Crippen LogP contribution >= 0.6 is 11.3 Å². The second-order valence-electron chi connectivity index (χ2n) is 4.74. The summed E-state index contributed by atoms with van der Waals surface area (Å²) in [6.45, 7) is 6.69. The smallest absolute Gasteiger partial charge is 0.347 e. The number of sulfonamides is 1. The molecule has 1 heterocycles. The predicted molar refractivity (Wildman–Crippen MR) is 66.1 cm³/mol. The maximum atomic E-state index is 12.1. The number of carboxylic acid groups (broad SMARTS) is 1. The lowest BCUT2D eigenvalue weighted by molar-refractivity contribution is 0.0698. The molecule has 1 aromatic rings. The van der Waals surface area contributed by atoms with Gasteiger partial charge in [-0.25, -0.2) is 17.9 Å². The van der Waals surface area contributed by atoms with Crippen LogP contribution in [0.1, 0.15) is 36.0 Å². The topological polar surface area (TPSA) is 83.5 Å². The zero-order valence-corrected chi connectivity index (χ0v) is 11.7. The SMILES string of the molecule is Cc1csc(C(=O)O)c1S(=O)(=O)NC(C)(C)C. The van der Waals surface area contributed by atoms with Crippen LogP contribution in [0, 0.1) is 6.92 Å². The zero-order chi connectivity index (χ0) is 13.4. The number of rotatable bonds is 3. The summed E-state index contributed by atoms with van der Waals surface area (Å²) in [5.74, 6) is -1.22. The summed E-state index contributed by atoms with van der Waals surface area (Å²) in [7, 11) is -3.80. The molecule has 2 N–H and O–H groups in total. The van der Waals surface area contributed by atoms with Crippen molar-refractivity contribution >= 4 is 27.3 Å². The van der Waals surface area contributed by atoms with Gasteiger partial charge in [-0.05, 0) is 38.6 Å². The van der Waals surface area contributed by atoms with Crippen LogP contribution in [0.25, 0.3) is 0 Å². The quantitative estimate of drug-likeness (QED) is 0.883. The molecule has 0 spiro atoms. The van der Waals surface area contributed by atoms with Crippen molar-refractivity contribution in [2.24, 2.45) is 0 Å². The van der Waals surface area contributed by atoms with E-state index in [0.29, 0.717) is 5.56 Å². The third-order valence-electron chi connectivity index (χ3n) is 1.82. The fraction of sp³-hybridized carbons (Fsp3) is 0.500. The molecule has 0 aliphatic carbocycles. The van der Waals surface area contributed by atoms with Crippen LogP contribution in [0.3, 0.4) is 0 Å². The van der Waals surface area contributed by atoms with Gasteiger partial charge in [0.2, 0.25) is 10.0 Å². The Morgan fingerprint density at radius 1 is 1.41 bits per heavy atom. The molecule has 0 atom stereocenters. The Balaban J connectivity index is 3.34. The summed E-state index contributed by atoms with van der Waals surface area (Å²) < 4.78 is 26.6. The van der Waals surface area contributed by atoms with Crippen LogP contribution in [0.2, 0.25) is 0 Å². The zero-order valence-electron chi connectivity index (χ0n) is 10.1. The normalized spacial score (nSPS) is 12.7. The Morgan fingerprint density at radius 2 is 1.94 bits per heavy atom. The van der Waals surface area contributed by atoms with Crippen LogP contribution < -0.4 is 4.72 Å². The van der Waals surface area contributed by atoms with E-state index in [4.69, 9.17) is 5.11 Å². The number of hydrogen-bond acceptors (Lipinski definition) is 4. The maximum absolute atomic E-state index is 12.1. The van der Waals surface area contributed by atoms with Crippen molar-refractivity contribution in [1.29, 1.82) is 0 Å². The Hall–Kier alpha value is -0.920. The van der Waals surface area contributed by atoms with E-state index in [1.807, 2.05) is 0 Å². The molecule has 0 aliphatic rings. The molecule has 7 heteroatoms. The van der Waals surface area contributed by atoms with Crippen LogP contribution in [0.15, 0.2) is 10.3 Å². The number of hydrogen-bond donors (Lipinski definition) is 2. The first kappa shape index (κ1) is 14.1. The van der Waals surface area contributed by atoms with Gasteiger partial charge in [-0.1, -0.05) is 0 Å². The minimum Gasteiger partial charge on any atom is -0.477 e. The van der Waals surface area contributed by atoms with Gasteiger partial charge in [0.1, 0.15) is 9.77 Å². The fourth-order valence-corrected chi connectivity index (χ4v) is 4.42. The van der Waals surface area contributed by atoms with E-state index in [1.54, 1.807) is 27.7 Å². The summed E-state index contributed by atoms with van der Waals surface area (Å²) in [5.41, 5.74) is -0.202. The van der Waals surface area contributed by atoms with Crippen LogP contribution in [0.5, 0.6) is 0 Å². The number of carboxylic acids is 1. The number of thiophene rings is 1. The summed E-state index contributed by atoms with van der Waals surface area (Å²) >= 11 is 0.918. The van der Waals surface area contributed by atoms with Crippen LogP contribution in [-0.4, -0.2) is 25.0 Å². The molecule has 0 bridgehead atoms. The van der Waals surface area contributed by atoms with Crippen LogP contribution in [-0.2, 0) is 10.0 Å². The summed E-state index contributed by atoms with van der Waals surface area (Å²) in [6, 6.07) is 0. The third-order valence-corrected chi connectivity index (χ3v) is 4.98. The summed E-state index contributed by atoms with van der Waals surface area (Å²) in [6.07, 6.45) is 0. The van der Waals surface area contributed by atoms with E-state index in [1.165, 1.54) is 5.38 Å². The molecule has 0 unspecified atom stereocenters. The Morgan fingerprint density at radius 3 is 2.35 bits per heavy atom. The highest BCUT2D eigenvalue weighted by Gasteiger charge is 2.29. The average molecular weight is 277 g/mol. The number of aryl methyl sites for hydroxylation is 1. The minimum atomic E-state index is -3.80. The van der Waals surface area contributed by atoms with Gasteiger partial charge in [0.15, 0.2) is 0 Å². The Kier molecular flexibility index (Phi) is 3.66. The van der Waals surface area contributed by atoms with Crippen molar-refractivity contribution in [3.63, 3.8) is 0 Å². The van der Waals surface area contributed by atoms with Gasteiger partial charge in [-0.3, -0.25) is 0 Å². The van der Waals surface area contributed by atoms with Crippen molar-refractivity contribution in [2.75, 3.05) is 0 Å². The average Bonchev–Trinajstić information content (AvgIpc) is 2.42. The highest BCUT2D eigenvalue weighted by Crippen LogP contribution is 2.27. The molecule has 1 rings (SSSR count). The van der Waals surface area contributed by atoms with Gasteiger partial charge < -0.3 is 5.11 Å². The lowest BCUT2D eigenvalue weighted by Gasteiger charge is -2.20. The van der Waals surface area contributed by atoms with Crippen molar-refractivity contribution in [2.45, 2.75) is 38.1 Å². The van der Waals surface area contributed by atoms with Crippen LogP contribution in [0.4, 0.5) is 0 Å². The van der Waals surface area contributed by atoms with Gasteiger partial charge in [-0.2, -0.15) is 0 Å². The summed E-state index contributed by atoms with van der Waals surface area (Å²) in [4.78, 5) is 10.7. The van der Waals surface area contributed by atoms with Crippen molar-refractivity contribution in [1.82, 2.24) is 4.72 Å². The predicted octanol–water partition coefficient (Wildman–Crippen LogP) is 1.83. The highest BCUT2D eigenvalue weighted by molar-refractivity contribution is 7.89. The molecule has 0 aromatic carbocycles. The van der Waals surface area contributed by atoms with E-state index in [9.17, 15) is 13.2 Å². The minimum absolute atomic E-state index is 0.134. The Bertz CT molecular complexity index is 537. The molecule has 0 radical (unpaired) electrons. The molecule has 5 nitrogen and oxygen atoms in total. The van der Waals surface area contributed by atoms with E-state index in [0.717, 1.165) is 11.3 Å². The van der Waals surface area contributed by atoms with Crippen molar-refractivity contribution in [3.8, 4) is 0 Å². The monoisotopic (exact) mass is 277 g/mol. The molecular weight excluding hydrogens is 262 g/mol. The van der Waals surface area contributed by atoms with E-state index < -0.39 is 21.5 Å². The first-order valence-electron chi connectivity index (χ1n) is 4.90. The lowest BCUT2D eigenvalue weighted by atomic mass is 10.1. The second kappa shape index (κ2) is 4.40. The van der Waals surface area contributed by atoms with Gasteiger partial charge in [-0.15, -0.1) is 11.3 Å². The third kappa shape index (κ3) is 3.27. The molecular formula is C10H15NO4S2. The molecule has 0 aliphatic heterocycles. The molecule has 0 saturated heterocycles. The van der Waals surface area contributed by atoms with E-state index in [2.05, 4.69) is 4.72 Å². The maximum Gasteiger partial charge on any atom is 0.347 e. The molecule has 0 fully saturated rings. The largest absolute Gasteiger partial charge is 0.477 e. The standard InChI is InChI=1S/C10H15NO4S2/c1-6-5-16-7(9(12)13)8(6)17(14,15)11-10(2,3)4/h5,11H,1-4H3,(H,12,13). The first-order chi connectivity index (χ1) is 7.54. The molecule has 17 heavy (non-hydrogen) atoms. The number of nitrogens with one attached hydrogen (secondary N) is 1. The molecule has 0 amide bonds. The van der Waals surface area contributed by atoms with Crippen molar-refractivity contribution < 1.29 is 18.3 Å². The van der Waals surface area contributed by atoms with Gasteiger partial charge >= 0.3 is 5.97 Å². The van der Waals surface area contributed by atoms with Crippen molar-refractivity contribution in [3.05, 3.63) is 15.8 Å². The van der Waals surface area contributed by atoms with Gasteiger partial charge in [0.05, 0.1) is 0 Å². The first-order valence-corrected chi connectivity index (χ1v) is 7.26. The summed E-state index contributed by atoms with van der Waals surface area (Å²) in [5, 5.41) is 10.5. The lowest BCUT2D eigenvalue weighted by Crippen LogP contribution is -2.41. The highest BCUT2D eigenvalue weighted by atomic mass is 32.2.